The topological polar surface area (TPSA) is 61.6 Å². The summed E-state index contributed by atoms with van der Waals surface area (Å²) in [6, 6.07) is 0. The molecule has 1 aliphatic rings. The van der Waals surface area contributed by atoms with Crippen molar-refractivity contribution in [1.29, 1.82) is 0 Å². The molecule has 1 fully saturated rings. The molecule has 0 radical (unpaired) electrons. The maximum atomic E-state index is 10.7. The SMILES string of the molecule is CO[C@@H]1COC[C@H](C(N)=O)C1. The monoisotopic (exact) mass is 159 g/mol. The van der Waals surface area contributed by atoms with E-state index in [1.54, 1.807) is 7.11 Å². The molecular formula is C7H13NO3. The van der Waals surface area contributed by atoms with E-state index in [4.69, 9.17) is 15.2 Å². The van der Waals surface area contributed by atoms with E-state index in [0.29, 0.717) is 19.6 Å². The lowest BCUT2D eigenvalue weighted by Gasteiger charge is -2.26. The minimum atomic E-state index is -0.299. The predicted molar refractivity (Wildman–Crippen MR) is 38.9 cm³/mol. The summed E-state index contributed by atoms with van der Waals surface area (Å²) in [5, 5.41) is 0. The fourth-order valence-electron chi connectivity index (χ4n) is 1.16. The van der Waals surface area contributed by atoms with Gasteiger partial charge in [-0.25, -0.2) is 0 Å². The zero-order valence-electron chi connectivity index (χ0n) is 6.58. The van der Waals surface area contributed by atoms with Crippen LogP contribution in [0.25, 0.3) is 0 Å². The third kappa shape index (κ3) is 2.17. The van der Waals surface area contributed by atoms with Gasteiger partial charge in [0.2, 0.25) is 5.91 Å². The lowest BCUT2D eigenvalue weighted by molar-refractivity contribution is -0.130. The Balaban J connectivity index is 2.39. The summed E-state index contributed by atoms with van der Waals surface area (Å²) in [5.41, 5.74) is 5.11. The number of carbonyl (C=O) groups excluding carboxylic acids is 1. The summed E-state index contributed by atoms with van der Waals surface area (Å²) in [5.74, 6) is -0.472. The smallest absolute Gasteiger partial charge is 0.222 e. The van der Waals surface area contributed by atoms with E-state index in [1.807, 2.05) is 0 Å². The molecule has 0 saturated carbocycles. The molecule has 0 unspecified atom stereocenters. The van der Waals surface area contributed by atoms with Crippen LogP contribution in [-0.2, 0) is 14.3 Å². The second kappa shape index (κ2) is 3.69. The van der Waals surface area contributed by atoms with Gasteiger partial charge in [0, 0.05) is 7.11 Å². The first-order chi connectivity index (χ1) is 5.24. The molecule has 0 bridgehead atoms. The van der Waals surface area contributed by atoms with Gasteiger partial charge in [0.25, 0.3) is 0 Å². The van der Waals surface area contributed by atoms with Crippen molar-refractivity contribution in [3.8, 4) is 0 Å². The van der Waals surface area contributed by atoms with Crippen molar-refractivity contribution in [1.82, 2.24) is 0 Å². The second-order valence-electron chi connectivity index (χ2n) is 2.73. The molecule has 64 valence electrons. The molecule has 1 amide bonds. The van der Waals surface area contributed by atoms with Crippen LogP contribution < -0.4 is 5.73 Å². The fourth-order valence-corrected chi connectivity index (χ4v) is 1.16. The maximum Gasteiger partial charge on any atom is 0.222 e. The van der Waals surface area contributed by atoms with E-state index in [1.165, 1.54) is 0 Å². The Labute approximate surface area is 65.7 Å². The Morgan fingerprint density at radius 1 is 1.64 bits per heavy atom. The molecule has 0 aliphatic carbocycles. The number of hydrogen-bond donors (Lipinski definition) is 1. The molecule has 4 heteroatoms. The summed E-state index contributed by atoms with van der Waals surface area (Å²) in [7, 11) is 1.61. The molecule has 1 saturated heterocycles. The highest BCUT2D eigenvalue weighted by Gasteiger charge is 2.25. The van der Waals surface area contributed by atoms with Gasteiger partial charge in [-0.2, -0.15) is 0 Å². The molecular weight excluding hydrogens is 146 g/mol. The van der Waals surface area contributed by atoms with E-state index in [0.717, 1.165) is 0 Å². The van der Waals surface area contributed by atoms with Crippen molar-refractivity contribution in [2.45, 2.75) is 12.5 Å². The molecule has 0 aromatic rings. The van der Waals surface area contributed by atoms with Crippen molar-refractivity contribution in [2.75, 3.05) is 20.3 Å². The Kier molecular flexibility index (Phi) is 2.84. The van der Waals surface area contributed by atoms with Gasteiger partial charge in [-0.15, -0.1) is 0 Å². The number of carbonyl (C=O) groups is 1. The summed E-state index contributed by atoms with van der Waals surface area (Å²) in [6.45, 7) is 1.01. The highest BCUT2D eigenvalue weighted by molar-refractivity contribution is 5.76. The Morgan fingerprint density at radius 2 is 2.36 bits per heavy atom. The quantitative estimate of drug-likeness (QED) is 0.592. The molecule has 0 aromatic carbocycles. The van der Waals surface area contributed by atoms with Crippen LogP contribution in [0.3, 0.4) is 0 Å². The van der Waals surface area contributed by atoms with E-state index in [2.05, 4.69) is 0 Å². The molecule has 1 heterocycles. The molecule has 4 nitrogen and oxygen atoms in total. The van der Waals surface area contributed by atoms with Gasteiger partial charge in [-0.3, -0.25) is 4.79 Å². The number of ether oxygens (including phenoxy) is 2. The standard InChI is InChI=1S/C7H13NO3/c1-10-6-2-5(7(8)9)3-11-4-6/h5-6H,2-4H2,1H3,(H2,8,9)/t5-,6+/m1/s1. The zero-order chi connectivity index (χ0) is 8.27. The molecule has 2 N–H and O–H groups in total. The zero-order valence-corrected chi connectivity index (χ0v) is 6.58. The van der Waals surface area contributed by atoms with Gasteiger partial charge in [-0.1, -0.05) is 0 Å². The first kappa shape index (κ1) is 8.49. The summed E-state index contributed by atoms with van der Waals surface area (Å²) in [4.78, 5) is 10.7. The minimum Gasteiger partial charge on any atom is -0.379 e. The van der Waals surface area contributed by atoms with Crippen molar-refractivity contribution in [2.24, 2.45) is 11.7 Å². The van der Waals surface area contributed by atoms with Crippen LogP contribution in [-0.4, -0.2) is 32.3 Å². The fraction of sp³-hybridized carbons (Fsp3) is 0.857. The third-order valence-corrected chi connectivity index (χ3v) is 1.91. The predicted octanol–water partition coefficient (Wildman–Crippen LogP) is -0.477. The third-order valence-electron chi connectivity index (χ3n) is 1.91. The Bertz CT molecular complexity index is 149. The number of methoxy groups -OCH3 is 1. The number of primary amides is 1. The number of hydrogen-bond acceptors (Lipinski definition) is 3. The van der Waals surface area contributed by atoms with Crippen molar-refractivity contribution in [3.63, 3.8) is 0 Å². The van der Waals surface area contributed by atoms with E-state index in [9.17, 15) is 4.79 Å². The van der Waals surface area contributed by atoms with Gasteiger partial charge in [0.05, 0.1) is 25.2 Å². The average molecular weight is 159 g/mol. The molecule has 11 heavy (non-hydrogen) atoms. The van der Waals surface area contributed by atoms with Crippen LogP contribution in [0.5, 0.6) is 0 Å². The van der Waals surface area contributed by atoms with Crippen LogP contribution in [0.4, 0.5) is 0 Å². The van der Waals surface area contributed by atoms with Gasteiger partial charge in [0.1, 0.15) is 0 Å². The van der Waals surface area contributed by atoms with Crippen molar-refractivity contribution in [3.05, 3.63) is 0 Å². The highest BCUT2D eigenvalue weighted by atomic mass is 16.5. The van der Waals surface area contributed by atoms with Crippen LogP contribution >= 0.6 is 0 Å². The average Bonchev–Trinajstić information content (AvgIpc) is 2.05. The Hall–Kier alpha value is -0.610. The summed E-state index contributed by atoms with van der Waals surface area (Å²) >= 11 is 0. The van der Waals surface area contributed by atoms with Gasteiger partial charge < -0.3 is 15.2 Å². The van der Waals surface area contributed by atoms with Crippen LogP contribution in [0.15, 0.2) is 0 Å². The lowest BCUT2D eigenvalue weighted by atomic mass is 10.00. The maximum absolute atomic E-state index is 10.7. The number of nitrogens with two attached hydrogens (primary N) is 1. The molecule has 0 spiro atoms. The van der Waals surface area contributed by atoms with Crippen LogP contribution in [0.1, 0.15) is 6.42 Å². The van der Waals surface area contributed by atoms with E-state index in [-0.39, 0.29) is 17.9 Å². The van der Waals surface area contributed by atoms with Crippen molar-refractivity contribution >= 4 is 5.91 Å². The van der Waals surface area contributed by atoms with Gasteiger partial charge >= 0.3 is 0 Å². The molecule has 1 aliphatic heterocycles. The highest BCUT2D eigenvalue weighted by Crippen LogP contribution is 2.15. The van der Waals surface area contributed by atoms with Gasteiger partial charge in [0.15, 0.2) is 0 Å². The van der Waals surface area contributed by atoms with Crippen LogP contribution in [0.2, 0.25) is 0 Å². The van der Waals surface area contributed by atoms with Crippen molar-refractivity contribution < 1.29 is 14.3 Å². The van der Waals surface area contributed by atoms with E-state index >= 15 is 0 Å². The summed E-state index contributed by atoms with van der Waals surface area (Å²) in [6.07, 6.45) is 0.715. The second-order valence-corrected chi connectivity index (χ2v) is 2.73. The lowest BCUT2D eigenvalue weighted by Crippen LogP contribution is -2.38. The molecule has 1 rings (SSSR count). The first-order valence-electron chi connectivity index (χ1n) is 3.64. The molecule has 2 atom stereocenters. The number of rotatable bonds is 2. The Morgan fingerprint density at radius 3 is 2.91 bits per heavy atom. The largest absolute Gasteiger partial charge is 0.379 e. The summed E-state index contributed by atoms with van der Waals surface area (Å²) < 4.78 is 10.2. The first-order valence-corrected chi connectivity index (χ1v) is 3.64. The molecule has 0 aromatic heterocycles. The number of amides is 1. The normalized spacial score (nSPS) is 31.7. The van der Waals surface area contributed by atoms with Crippen LogP contribution in [0, 0.1) is 5.92 Å². The van der Waals surface area contributed by atoms with Gasteiger partial charge in [-0.05, 0) is 6.42 Å². The minimum absolute atomic E-state index is 0.0289. The van der Waals surface area contributed by atoms with E-state index < -0.39 is 0 Å².